The largest absolute Gasteiger partial charge is 0.343 e. The third-order valence-corrected chi connectivity index (χ3v) is 5.56. The Kier molecular flexibility index (Phi) is 6.42. The van der Waals surface area contributed by atoms with Gasteiger partial charge in [-0.05, 0) is 56.4 Å². The van der Waals surface area contributed by atoms with Gasteiger partial charge in [-0.2, -0.15) is 0 Å². The lowest BCUT2D eigenvalue weighted by Gasteiger charge is -2.37. The van der Waals surface area contributed by atoms with Gasteiger partial charge in [0.1, 0.15) is 0 Å². The van der Waals surface area contributed by atoms with Gasteiger partial charge in [0.25, 0.3) is 0 Å². The minimum absolute atomic E-state index is 0. The van der Waals surface area contributed by atoms with Crippen molar-refractivity contribution in [1.82, 2.24) is 9.80 Å². The van der Waals surface area contributed by atoms with E-state index in [0.29, 0.717) is 0 Å². The van der Waals surface area contributed by atoms with E-state index >= 15 is 0 Å². The quantitative estimate of drug-likeness (QED) is 0.642. The van der Waals surface area contributed by atoms with Crippen LogP contribution >= 0.6 is 24.0 Å². The fraction of sp³-hybridized carbons (Fsp3) is 0.650. The van der Waals surface area contributed by atoms with Crippen LogP contribution in [0.25, 0.3) is 0 Å². The normalized spacial score (nSPS) is 23.8. The second-order valence-corrected chi connectivity index (χ2v) is 7.44. The van der Waals surface area contributed by atoms with E-state index in [2.05, 4.69) is 40.1 Å². The molecule has 3 nitrogen and oxygen atoms in total. The Hall–Kier alpha value is -0.780. The van der Waals surface area contributed by atoms with Crippen molar-refractivity contribution >= 4 is 29.9 Å². The topological polar surface area (TPSA) is 18.8 Å². The molecule has 1 saturated heterocycles. The van der Waals surface area contributed by atoms with Crippen molar-refractivity contribution in [2.75, 3.05) is 26.2 Å². The highest BCUT2D eigenvalue weighted by Gasteiger charge is 2.36. The van der Waals surface area contributed by atoms with Crippen molar-refractivity contribution in [2.24, 2.45) is 10.9 Å². The van der Waals surface area contributed by atoms with Crippen LogP contribution < -0.4 is 0 Å². The summed E-state index contributed by atoms with van der Waals surface area (Å²) in [6.45, 7) is 4.63. The van der Waals surface area contributed by atoms with Crippen LogP contribution in [0.15, 0.2) is 35.3 Å². The van der Waals surface area contributed by atoms with E-state index in [1.807, 2.05) is 0 Å². The molecule has 4 rings (SSSR count). The van der Waals surface area contributed by atoms with Crippen molar-refractivity contribution in [3.8, 4) is 0 Å². The maximum atomic E-state index is 4.83. The van der Waals surface area contributed by atoms with E-state index < -0.39 is 0 Å². The van der Waals surface area contributed by atoms with Crippen molar-refractivity contribution in [1.29, 1.82) is 0 Å². The number of benzene rings is 1. The summed E-state index contributed by atoms with van der Waals surface area (Å²) in [5, 5.41) is 0. The summed E-state index contributed by atoms with van der Waals surface area (Å²) in [6.07, 6.45) is 9.42. The first-order valence-corrected chi connectivity index (χ1v) is 9.50. The third-order valence-electron chi connectivity index (χ3n) is 5.56. The van der Waals surface area contributed by atoms with Gasteiger partial charge in [-0.25, -0.2) is 0 Å². The number of aryl methyl sites for hydroxylation is 1. The molecule has 0 radical (unpaired) electrons. The molecule has 1 aromatic rings. The highest BCUT2D eigenvalue weighted by Crippen LogP contribution is 2.31. The molecular weight excluding hydrogens is 409 g/mol. The Labute approximate surface area is 163 Å². The number of piperidine rings is 1. The van der Waals surface area contributed by atoms with E-state index in [-0.39, 0.29) is 24.0 Å². The summed E-state index contributed by atoms with van der Waals surface area (Å²) in [6, 6.07) is 11.7. The number of nitrogens with zero attached hydrogens (tertiary/aromatic N) is 3. The highest BCUT2D eigenvalue weighted by molar-refractivity contribution is 14.0. The average Bonchev–Trinajstić information content (AvgIpc) is 3.33. The molecule has 1 aromatic carbocycles. The smallest absolute Gasteiger partial charge is 0.196 e. The maximum absolute atomic E-state index is 4.83. The second-order valence-electron chi connectivity index (χ2n) is 7.44. The molecule has 3 aliphatic rings. The lowest BCUT2D eigenvalue weighted by Crippen LogP contribution is -2.47. The van der Waals surface area contributed by atoms with Gasteiger partial charge in [-0.15, -0.1) is 24.0 Å². The molecule has 0 spiro atoms. The summed E-state index contributed by atoms with van der Waals surface area (Å²) < 4.78 is 0. The predicted octanol–water partition coefficient (Wildman–Crippen LogP) is 4.17. The lowest BCUT2D eigenvalue weighted by atomic mass is 9.92. The Balaban J connectivity index is 0.00000169. The van der Waals surface area contributed by atoms with Gasteiger partial charge >= 0.3 is 0 Å². The monoisotopic (exact) mass is 439 g/mol. The highest BCUT2D eigenvalue weighted by atomic mass is 127. The van der Waals surface area contributed by atoms with Crippen LogP contribution in [0.5, 0.6) is 0 Å². The van der Waals surface area contributed by atoms with Crippen LogP contribution in [0.4, 0.5) is 0 Å². The molecule has 0 N–H and O–H groups in total. The minimum Gasteiger partial charge on any atom is -0.343 e. The molecule has 1 saturated carbocycles. The zero-order valence-electron chi connectivity index (χ0n) is 14.6. The van der Waals surface area contributed by atoms with Crippen LogP contribution in [0.2, 0.25) is 0 Å². The van der Waals surface area contributed by atoms with Gasteiger partial charge in [0.15, 0.2) is 5.96 Å². The fourth-order valence-corrected chi connectivity index (χ4v) is 4.18. The van der Waals surface area contributed by atoms with Crippen LogP contribution in [-0.4, -0.2) is 48.0 Å². The SMILES string of the molecule is I.c1ccc(CCCC2CCCN(C3=NCCN3C3CC3)C2)cc1. The molecule has 0 bridgehead atoms. The van der Waals surface area contributed by atoms with Crippen LogP contribution in [0, 0.1) is 5.92 Å². The molecule has 0 amide bonds. The van der Waals surface area contributed by atoms with Gasteiger partial charge < -0.3 is 9.80 Å². The van der Waals surface area contributed by atoms with Crippen LogP contribution in [0.3, 0.4) is 0 Å². The fourth-order valence-electron chi connectivity index (χ4n) is 4.18. The van der Waals surface area contributed by atoms with E-state index in [1.165, 1.54) is 69.6 Å². The number of likely N-dealkylation sites (tertiary alicyclic amines) is 1. The van der Waals surface area contributed by atoms with Gasteiger partial charge in [0.05, 0.1) is 6.54 Å². The van der Waals surface area contributed by atoms with Gasteiger partial charge in [0.2, 0.25) is 0 Å². The number of aliphatic imine (C=N–C) groups is 1. The van der Waals surface area contributed by atoms with E-state index in [1.54, 1.807) is 0 Å². The Morgan fingerprint density at radius 3 is 2.67 bits per heavy atom. The molecule has 0 aromatic heterocycles. The molecule has 1 aliphatic carbocycles. The molecule has 1 unspecified atom stereocenters. The third kappa shape index (κ3) is 4.44. The first kappa shape index (κ1) is 18.0. The number of halogens is 1. The molecule has 2 heterocycles. The maximum Gasteiger partial charge on any atom is 0.196 e. The first-order chi connectivity index (χ1) is 11.4. The Bertz CT molecular complexity index is 541. The number of guanidine groups is 1. The van der Waals surface area contributed by atoms with Gasteiger partial charge in [-0.3, -0.25) is 4.99 Å². The summed E-state index contributed by atoms with van der Waals surface area (Å²) in [4.78, 5) is 10.0. The molecular formula is C20H30IN3. The molecule has 1 atom stereocenters. The zero-order valence-corrected chi connectivity index (χ0v) is 16.9. The van der Waals surface area contributed by atoms with E-state index in [4.69, 9.17) is 4.99 Å². The number of rotatable bonds is 5. The Morgan fingerprint density at radius 1 is 1.04 bits per heavy atom. The molecule has 132 valence electrons. The average molecular weight is 439 g/mol. The molecule has 24 heavy (non-hydrogen) atoms. The van der Waals surface area contributed by atoms with E-state index in [0.717, 1.165) is 25.0 Å². The minimum atomic E-state index is 0. The summed E-state index contributed by atoms with van der Waals surface area (Å²) in [7, 11) is 0. The molecule has 2 aliphatic heterocycles. The number of hydrogen-bond acceptors (Lipinski definition) is 3. The van der Waals surface area contributed by atoms with E-state index in [9.17, 15) is 0 Å². The molecule has 2 fully saturated rings. The number of hydrogen-bond donors (Lipinski definition) is 0. The van der Waals surface area contributed by atoms with Gasteiger partial charge in [0, 0.05) is 25.7 Å². The van der Waals surface area contributed by atoms with Crippen LogP contribution in [-0.2, 0) is 6.42 Å². The van der Waals surface area contributed by atoms with Gasteiger partial charge in [-0.1, -0.05) is 30.3 Å². The van der Waals surface area contributed by atoms with Crippen molar-refractivity contribution in [2.45, 2.75) is 51.0 Å². The lowest BCUT2D eigenvalue weighted by molar-refractivity contribution is 0.221. The summed E-state index contributed by atoms with van der Waals surface area (Å²) in [5.74, 6) is 2.19. The summed E-state index contributed by atoms with van der Waals surface area (Å²) >= 11 is 0. The van der Waals surface area contributed by atoms with Crippen molar-refractivity contribution in [3.63, 3.8) is 0 Å². The van der Waals surface area contributed by atoms with Crippen molar-refractivity contribution < 1.29 is 0 Å². The molecule has 4 heteroatoms. The van der Waals surface area contributed by atoms with Crippen LogP contribution in [0.1, 0.15) is 44.1 Å². The zero-order chi connectivity index (χ0) is 15.5. The van der Waals surface area contributed by atoms with Crippen molar-refractivity contribution in [3.05, 3.63) is 35.9 Å². The second kappa shape index (κ2) is 8.54. The Morgan fingerprint density at radius 2 is 1.88 bits per heavy atom. The first-order valence-electron chi connectivity index (χ1n) is 9.50. The standard InChI is InChI=1S/C20H29N3.HI/c1-2-6-17(7-3-1)8-4-9-18-10-5-14-22(16-18)20-21-13-15-23(20)19-11-12-19;/h1-3,6-7,18-19H,4-5,8-16H2;1H. The summed E-state index contributed by atoms with van der Waals surface area (Å²) in [5.41, 5.74) is 1.49. The predicted molar refractivity (Wildman–Crippen MR) is 111 cm³/mol.